The Morgan fingerprint density at radius 2 is 1.94 bits per heavy atom. The van der Waals surface area contributed by atoms with Crippen LogP contribution in [0.15, 0.2) is 30.3 Å². The Hall–Kier alpha value is -0.860. The highest BCUT2D eigenvalue weighted by atomic mass is 15.2. The van der Waals surface area contributed by atoms with Gasteiger partial charge in [-0.2, -0.15) is 0 Å². The van der Waals surface area contributed by atoms with Crippen LogP contribution in [0, 0.1) is 0 Å². The molecule has 2 nitrogen and oxygen atoms in total. The molecule has 1 aromatic rings. The van der Waals surface area contributed by atoms with E-state index in [4.69, 9.17) is 0 Å². The second kappa shape index (κ2) is 6.02. The SMILES string of the molecule is CCCN(CCc1ccccc1)C1CNC1. The van der Waals surface area contributed by atoms with Gasteiger partial charge in [-0.05, 0) is 24.9 Å². The number of nitrogens with one attached hydrogen (secondary N) is 1. The average Bonchev–Trinajstić information content (AvgIpc) is 2.25. The quantitative estimate of drug-likeness (QED) is 0.784. The lowest BCUT2D eigenvalue weighted by molar-refractivity contribution is 0.147. The molecule has 0 aromatic heterocycles. The molecule has 1 aliphatic heterocycles. The molecule has 2 heteroatoms. The zero-order chi connectivity index (χ0) is 11.2. The van der Waals surface area contributed by atoms with Gasteiger partial charge in [0.15, 0.2) is 0 Å². The Morgan fingerprint density at radius 3 is 2.50 bits per heavy atom. The van der Waals surface area contributed by atoms with Crippen LogP contribution in [0.2, 0.25) is 0 Å². The van der Waals surface area contributed by atoms with Gasteiger partial charge in [-0.15, -0.1) is 0 Å². The van der Waals surface area contributed by atoms with E-state index in [1.54, 1.807) is 0 Å². The lowest BCUT2D eigenvalue weighted by Gasteiger charge is -2.38. The first kappa shape index (κ1) is 11.6. The van der Waals surface area contributed by atoms with Crippen molar-refractivity contribution in [2.24, 2.45) is 0 Å². The summed E-state index contributed by atoms with van der Waals surface area (Å²) in [7, 11) is 0. The number of rotatable bonds is 6. The second-order valence-electron chi connectivity index (χ2n) is 4.58. The summed E-state index contributed by atoms with van der Waals surface area (Å²) in [5.41, 5.74) is 1.45. The zero-order valence-corrected chi connectivity index (χ0v) is 10.2. The summed E-state index contributed by atoms with van der Waals surface area (Å²) >= 11 is 0. The number of benzene rings is 1. The lowest BCUT2D eigenvalue weighted by Crippen LogP contribution is -2.57. The van der Waals surface area contributed by atoms with E-state index >= 15 is 0 Å². The molecule has 1 saturated heterocycles. The normalized spacial score (nSPS) is 16.4. The van der Waals surface area contributed by atoms with E-state index in [1.165, 1.54) is 44.6 Å². The van der Waals surface area contributed by atoms with Crippen molar-refractivity contribution >= 4 is 0 Å². The highest BCUT2D eigenvalue weighted by molar-refractivity contribution is 5.14. The van der Waals surface area contributed by atoms with Crippen LogP contribution in [0.1, 0.15) is 18.9 Å². The van der Waals surface area contributed by atoms with E-state index in [2.05, 4.69) is 47.5 Å². The highest BCUT2D eigenvalue weighted by Crippen LogP contribution is 2.08. The van der Waals surface area contributed by atoms with E-state index in [9.17, 15) is 0 Å². The van der Waals surface area contributed by atoms with Gasteiger partial charge in [0.25, 0.3) is 0 Å². The van der Waals surface area contributed by atoms with E-state index in [1.807, 2.05) is 0 Å². The van der Waals surface area contributed by atoms with Gasteiger partial charge >= 0.3 is 0 Å². The molecule has 0 aliphatic carbocycles. The van der Waals surface area contributed by atoms with Crippen molar-refractivity contribution in [2.75, 3.05) is 26.2 Å². The van der Waals surface area contributed by atoms with Gasteiger partial charge in [-0.3, -0.25) is 4.90 Å². The van der Waals surface area contributed by atoms with Gasteiger partial charge < -0.3 is 5.32 Å². The molecule has 0 amide bonds. The first-order valence-electron chi connectivity index (χ1n) is 6.39. The summed E-state index contributed by atoms with van der Waals surface area (Å²) in [6.07, 6.45) is 2.43. The first-order chi connectivity index (χ1) is 7.90. The molecule has 0 spiro atoms. The summed E-state index contributed by atoms with van der Waals surface area (Å²) in [5, 5.41) is 3.36. The summed E-state index contributed by atoms with van der Waals surface area (Å²) in [6.45, 7) is 7.05. The van der Waals surface area contributed by atoms with Gasteiger partial charge in [0.05, 0.1) is 0 Å². The Labute approximate surface area is 98.7 Å². The van der Waals surface area contributed by atoms with Crippen molar-refractivity contribution in [3.8, 4) is 0 Å². The largest absolute Gasteiger partial charge is 0.314 e. The van der Waals surface area contributed by atoms with Gasteiger partial charge in [0, 0.05) is 25.7 Å². The third-order valence-corrected chi connectivity index (χ3v) is 3.32. The fraction of sp³-hybridized carbons (Fsp3) is 0.571. The van der Waals surface area contributed by atoms with Crippen molar-refractivity contribution in [3.05, 3.63) is 35.9 Å². The minimum absolute atomic E-state index is 0.781. The van der Waals surface area contributed by atoms with Crippen LogP contribution in [-0.2, 0) is 6.42 Å². The maximum absolute atomic E-state index is 3.36. The van der Waals surface area contributed by atoms with Crippen molar-refractivity contribution in [1.29, 1.82) is 0 Å². The van der Waals surface area contributed by atoms with Crippen molar-refractivity contribution in [1.82, 2.24) is 10.2 Å². The van der Waals surface area contributed by atoms with Crippen LogP contribution in [0.3, 0.4) is 0 Å². The molecule has 0 radical (unpaired) electrons. The zero-order valence-electron chi connectivity index (χ0n) is 10.2. The fourth-order valence-electron chi connectivity index (χ4n) is 2.21. The van der Waals surface area contributed by atoms with Crippen molar-refractivity contribution < 1.29 is 0 Å². The molecule has 2 rings (SSSR count). The molecule has 0 unspecified atom stereocenters. The molecule has 1 fully saturated rings. The molecule has 1 aromatic carbocycles. The summed E-state index contributed by atoms with van der Waals surface area (Å²) < 4.78 is 0. The van der Waals surface area contributed by atoms with Crippen LogP contribution in [0.4, 0.5) is 0 Å². The topological polar surface area (TPSA) is 15.3 Å². The maximum atomic E-state index is 3.36. The summed E-state index contributed by atoms with van der Waals surface area (Å²) in [5.74, 6) is 0. The lowest BCUT2D eigenvalue weighted by atomic mass is 10.1. The van der Waals surface area contributed by atoms with E-state index in [-0.39, 0.29) is 0 Å². The number of hydrogen-bond acceptors (Lipinski definition) is 2. The molecule has 16 heavy (non-hydrogen) atoms. The van der Waals surface area contributed by atoms with Crippen molar-refractivity contribution in [3.63, 3.8) is 0 Å². The molecule has 88 valence electrons. The third-order valence-electron chi connectivity index (χ3n) is 3.32. The smallest absolute Gasteiger partial charge is 0.0345 e. The predicted molar refractivity (Wildman–Crippen MR) is 68.7 cm³/mol. The van der Waals surface area contributed by atoms with E-state index < -0.39 is 0 Å². The van der Waals surface area contributed by atoms with Crippen molar-refractivity contribution in [2.45, 2.75) is 25.8 Å². The van der Waals surface area contributed by atoms with E-state index in [0.717, 1.165) is 6.04 Å². The van der Waals surface area contributed by atoms with Gasteiger partial charge in [0.2, 0.25) is 0 Å². The molecule has 0 atom stereocenters. The Kier molecular flexibility index (Phi) is 4.37. The number of nitrogens with zero attached hydrogens (tertiary/aromatic N) is 1. The van der Waals surface area contributed by atoms with E-state index in [0.29, 0.717) is 0 Å². The Bertz CT molecular complexity index is 293. The third kappa shape index (κ3) is 3.06. The molecular formula is C14H22N2. The Balaban J connectivity index is 1.81. The van der Waals surface area contributed by atoms with Crippen LogP contribution < -0.4 is 5.32 Å². The van der Waals surface area contributed by atoms with Gasteiger partial charge in [-0.25, -0.2) is 0 Å². The minimum Gasteiger partial charge on any atom is -0.314 e. The molecule has 1 aliphatic rings. The maximum Gasteiger partial charge on any atom is 0.0345 e. The summed E-state index contributed by atoms with van der Waals surface area (Å²) in [4.78, 5) is 2.63. The monoisotopic (exact) mass is 218 g/mol. The van der Waals surface area contributed by atoms with Crippen LogP contribution in [0.5, 0.6) is 0 Å². The standard InChI is InChI=1S/C14H22N2/c1-2-9-16(14-11-15-12-14)10-8-13-6-4-3-5-7-13/h3-7,14-15H,2,8-12H2,1H3. The second-order valence-corrected chi connectivity index (χ2v) is 4.58. The fourth-order valence-corrected chi connectivity index (χ4v) is 2.21. The molecule has 0 bridgehead atoms. The average molecular weight is 218 g/mol. The molecule has 0 saturated carbocycles. The summed E-state index contributed by atoms with van der Waals surface area (Å²) in [6, 6.07) is 11.6. The molecule has 1 heterocycles. The molecule has 1 N–H and O–H groups in total. The van der Waals surface area contributed by atoms with Gasteiger partial charge in [-0.1, -0.05) is 37.3 Å². The van der Waals surface area contributed by atoms with Crippen LogP contribution >= 0.6 is 0 Å². The number of hydrogen-bond donors (Lipinski definition) is 1. The van der Waals surface area contributed by atoms with Gasteiger partial charge in [0.1, 0.15) is 0 Å². The van der Waals surface area contributed by atoms with Crippen LogP contribution in [-0.4, -0.2) is 37.1 Å². The Morgan fingerprint density at radius 1 is 1.19 bits per heavy atom. The predicted octanol–water partition coefficient (Wildman–Crippen LogP) is 1.91. The minimum atomic E-state index is 0.781. The molecular weight excluding hydrogens is 196 g/mol. The van der Waals surface area contributed by atoms with Crippen LogP contribution in [0.25, 0.3) is 0 Å². The first-order valence-corrected chi connectivity index (χ1v) is 6.39. The highest BCUT2D eigenvalue weighted by Gasteiger charge is 2.23.